The monoisotopic (exact) mass is 272 g/mol. The molecule has 1 aromatic carbocycles. The summed E-state index contributed by atoms with van der Waals surface area (Å²) in [4.78, 5) is 5.83. The largest absolute Gasteiger partial charge is 0.454 e. The van der Waals surface area contributed by atoms with E-state index in [0.29, 0.717) is 12.5 Å². The van der Waals surface area contributed by atoms with E-state index in [1.807, 2.05) is 30.3 Å². The molecule has 0 aliphatic heterocycles. The highest BCUT2D eigenvalue weighted by Gasteiger charge is 2.16. The summed E-state index contributed by atoms with van der Waals surface area (Å²) in [6.07, 6.45) is 0. The van der Waals surface area contributed by atoms with E-state index in [-0.39, 0.29) is 0 Å². The topological polar surface area (TPSA) is 52.0 Å². The SMILES string of the molecule is CC(C)c1nc(-c2cc3ccccc3o2)sc1CN. The molecule has 2 aromatic heterocycles. The Morgan fingerprint density at radius 2 is 2.11 bits per heavy atom. The van der Waals surface area contributed by atoms with Gasteiger partial charge in [-0.2, -0.15) is 0 Å². The maximum absolute atomic E-state index is 5.85. The number of para-hydroxylation sites is 1. The van der Waals surface area contributed by atoms with Crippen molar-refractivity contribution < 1.29 is 4.42 Å². The Balaban J connectivity index is 2.10. The molecule has 2 N–H and O–H groups in total. The standard InChI is InChI=1S/C15H16N2OS/c1-9(2)14-13(8-16)19-15(17-14)12-7-10-5-3-4-6-11(10)18-12/h3-7,9H,8,16H2,1-2H3. The minimum atomic E-state index is 0.382. The number of nitrogens with two attached hydrogens (primary N) is 1. The van der Waals surface area contributed by atoms with Gasteiger partial charge in [0, 0.05) is 16.8 Å². The fraction of sp³-hybridized carbons (Fsp3) is 0.267. The molecule has 19 heavy (non-hydrogen) atoms. The second-order valence-electron chi connectivity index (χ2n) is 4.83. The van der Waals surface area contributed by atoms with Crippen molar-refractivity contribution in [3.8, 4) is 10.8 Å². The number of fused-ring (bicyclic) bond motifs is 1. The third-order valence-corrected chi connectivity index (χ3v) is 4.20. The van der Waals surface area contributed by atoms with E-state index in [9.17, 15) is 0 Å². The Labute approximate surface area is 116 Å². The molecule has 0 bridgehead atoms. The first-order valence-electron chi connectivity index (χ1n) is 6.37. The molecule has 0 saturated carbocycles. The lowest BCUT2D eigenvalue weighted by Gasteiger charge is -2.01. The smallest absolute Gasteiger partial charge is 0.164 e. The van der Waals surface area contributed by atoms with Gasteiger partial charge in [-0.05, 0) is 18.1 Å². The molecular formula is C15H16N2OS. The summed E-state index contributed by atoms with van der Waals surface area (Å²) < 4.78 is 5.85. The van der Waals surface area contributed by atoms with Gasteiger partial charge in [-0.25, -0.2) is 4.98 Å². The summed E-state index contributed by atoms with van der Waals surface area (Å²) in [5.41, 5.74) is 7.78. The second kappa shape index (κ2) is 4.79. The van der Waals surface area contributed by atoms with Crippen LogP contribution in [0.15, 0.2) is 34.7 Å². The average Bonchev–Trinajstić information content (AvgIpc) is 3.02. The van der Waals surface area contributed by atoms with Crippen molar-refractivity contribution in [2.24, 2.45) is 5.73 Å². The number of furan rings is 1. The molecule has 0 spiro atoms. The zero-order chi connectivity index (χ0) is 13.4. The van der Waals surface area contributed by atoms with Crippen molar-refractivity contribution in [3.63, 3.8) is 0 Å². The third kappa shape index (κ3) is 2.17. The fourth-order valence-electron chi connectivity index (χ4n) is 2.15. The first-order chi connectivity index (χ1) is 9.19. The van der Waals surface area contributed by atoms with E-state index in [2.05, 4.69) is 13.8 Å². The summed E-state index contributed by atoms with van der Waals surface area (Å²) in [5, 5.41) is 2.02. The van der Waals surface area contributed by atoms with Crippen LogP contribution in [0.3, 0.4) is 0 Å². The van der Waals surface area contributed by atoms with Crippen molar-refractivity contribution in [3.05, 3.63) is 40.9 Å². The molecule has 0 saturated heterocycles. The lowest BCUT2D eigenvalue weighted by atomic mass is 10.1. The third-order valence-electron chi connectivity index (χ3n) is 3.10. The van der Waals surface area contributed by atoms with Crippen molar-refractivity contribution in [1.29, 1.82) is 0 Å². The maximum atomic E-state index is 5.85. The summed E-state index contributed by atoms with van der Waals surface area (Å²) in [5.74, 6) is 1.21. The average molecular weight is 272 g/mol. The zero-order valence-electron chi connectivity index (χ0n) is 11.0. The van der Waals surface area contributed by atoms with Crippen LogP contribution < -0.4 is 5.73 Å². The number of rotatable bonds is 3. The van der Waals surface area contributed by atoms with Crippen LogP contribution >= 0.6 is 11.3 Å². The van der Waals surface area contributed by atoms with Gasteiger partial charge in [0.05, 0.1) is 5.69 Å². The van der Waals surface area contributed by atoms with Crippen LogP contribution in [0.4, 0.5) is 0 Å². The lowest BCUT2D eigenvalue weighted by molar-refractivity contribution is 0.630. The summed E-state index contributed by atoms with van der Waals surface area (Å²) in [7, 11) is 0. The van der Waals surface area contributed by atoms with Crippen molar-refractivity contribution in [2.75, 3.05) is 0 Å². The highest BCUT2D eigenvalue weighted by molar-refractivity contribution is 7.15. The Kier molecular flexibility index (Phi) is 3.12. The molecule has 0 fully saturated rings. The molecule has 0 unspecified atom stereocenters. The quantitative estimate of drug-likeness (QED) is 0.779. The van der Waals surface area contributed by atoms with Crippen LogP contribution in [0, 0.1) is 0 Å². The number of benzene rings is 1. The normalized spacial score (nSPS) is 11.6. The van der Waals surface area contributed by atoms with E-state index >= 15 is 0 Å². The predicted octanol–water partition coefficient (Wildman–Crippen LogP) is 4.14. The minimum Gasteiger partial charge on any atom is -0.454 e. The van der Waals surface area contributed by atoms with Gasteiger partial charge in [-0.1, -0.05) is 32.0 Å². The lowest BCUT2D eigenvalue weighted by Crippen LogP contribution is -1.99. The highest BCUT2D eigenvalue weighted by atomic mass is 32.1. The van der Waals surface area contributed by atoms with E-state index in [0.717, 1.165) is 32.3 Å². The number of aromatic nitrogens is 1. The molecule has 3 rings (SSSR count). The van der Waals surface area contributed by atoms with Gasteiger partial charge in [0.1, 0.15) is 5.58 Å². The van der Waals surface area contributed by atoms with Gasteiger partial charge in [0.15, 0.2) is 10.8 Å². The minimum absolute atomic E-state index is 0.382. The molecule has 98 valence electrons. The predicted molar refractivity (Wildman–Crippen MR) is 79.3 cm³/mol. The van der Waals surface area contributed by atoms with Crippen molar-refractivity contribution in [2.45, 2.75) is 26.3 Å². The molecule has 0 atom stereocenters. The van der Waals surface area contributed by atoms with Gasteiger partial charge in [-0.15, -0.1) is 11.3 Å². The van der Waals surface area contributed by atoms with Gasteiger partial charge < -0.3 is 10.2 Å². The molecule has 0 amide bonds. The Hall–Kier alpha value is -1.65. The number of hydrogen-bond acceptors (Lipinski definition) is 4. The maximum Gasteiger partial charge on any atom is 0.164 e. The van der Waals surface area contributed by atoms with E-state index in [1.54, 1.807) is 11.3 Å². The van der Waals surface area contributed by atoms with Gasteiger partial charge >= 0.3 is 0 Å². The van der Waals surface area contributed by atoms with E-state index in [4.69, 9.17) is 15.1 Å². The van der Waals surface area contributed by atoms with Crippen molar-refractivity contribution >= 4 is 22.3 Å². The molecule has 2 heterocycles. The van der Waals surface area contributed by atoms with Crippen LogP contribution in [-0.2, 0) is 6.54 Å². The molecule has 4 heteroatoms. The number of thiazole rings is 1. The van der Waals surface area contributed by atoms with Crippen LogP contribution in [0.2, 0.25) is 0 Å². The van der Waals surface area contributed by atoms with Crippen LogP contribution in [0.1, 0.15) is 30.3 Å². The molecule has 3 aromatic rings. The Morgan fingerprint density at radius 1 is 1.32 bits per heavy atom. The highest BCUT2D eigenvalue weighted by Crippen LogP contribution is 2.34. The Morgan fingerprint density at radius 3 is 2.74 bits per heavy atom. The zero-order valence-corrected chi connectivity index (χ0v) is 11.8. The first kappa shape index (κ1) is 12.4. The van der Waals surface area contributed by atoms with Gasteiger partial charge in [0.25, 0.3) is 0 Å². The fourth-order valence-corrected chi connectivity index (χ4v) is 3.20. The molecule has 0 radical (unpaired) electrons. The van der Waals surface area contributed by atoms with Crippen LogP contribution in [-0.4, -0.2) is 4.98 Å². The van der Waals surface area contributed by atoms with E-state index in [1.165, 1.54) is 0 Å². The molecule has 3 nitrogen and oxygen atoms in total. The summed E-state index contributed by atoms with van der Waals surface area (Å²) in [6, 6.07) is 10.0. The molecule has 0 aliphatic rings. The summed E-state index contributed by atoms with van der Waals surface area (Å²) in [6.45, 7) is 4.80. The molecular weight excluding hydrogens is 256 g/mol. The Bertz CT molecular complexity index is 679. The summed E-state index contributed by atoms with van der Waals surface area (Å²) >= 11 is 1.63. The number of hydrogen-bond donors (Lipinski definition) is 1. The number of nitrogens with zero attached hydrogens (tertiary/aromatic N) is 1. The molecule has 0 aliphatic carbocycles. The second-order valence-corrected chi connectivity index (χ2v) is 5.92. The van der Waals surface area contributed by atoms with Gasteiger partial charge in [0.2, 0.25) is 0 Å². The van der Waals surface area contributed by atoms with Crippen LogP contribution in [0.25, 0.3) is 21.7 Å². The first-order valence-corrected chi connectivity index (χ1v) is 7.19. The van der Waals surface area contributed by atoms with Crippen molar-refractivity contribution in [1.82, 2.24) is 4.98 Å². The van der Waals surface area contributed by atoms with Crippen LogP contribution in [0.5, 0.6) is 0 Å². The van der Waals surface area contributed by atoms with E-state index < -0.39 is 0 Å². The van der Waals surface area contributed by atoms with Gasteiger partial charge in [-0.3, -0.25) is 0 Å².